The van der Waals surface area contributed by atoms with Crippen molar-refractivity contribution >= 4 is 22.4 Å². The van der Waals surface area contributed by atoms with E-state index in [4.69, 9.17) is 14.2 Å². The lowest BCUT2D eigenvalue weighted by Crippen LogP contribution is -2.63. The number of nitrogens with one attached hydrogen (secondary N) is 2. The van der Waals surface area contributed by atoms with Crippen LogP contribution in [0.1, 0.15) is 20.8 Å². The molecule has 4 heterocycles. The number of nitrogens with zero attached hydrogens (tertiary/aromatic N) is 4. The molecule has 37 heavy (non-hydrogen) atoms. The van der Waals surface area contributed by atoms with Gasteiger partial charge >= 0.3 is 6.18 Å². The molecular weight excluding hydrogens is 513 g/mol. The number of ether oxygens (including phenoxy) is 3. The summed E-state index contributed by atoms with van der Waals surface area (Å²) in [4.78, 5) is 28.5. The Labute approximate surface area is 213 Å². The first-order chi connectivity index (χ1) is 17.7. The molecule has 3 aromatic rings. The first kappa shape index (κ1) is 25.2. The number of rotatable bonds is 7. The summed E-state index contributed by atoms with van der Waals surface area (Å²) in [5, 5.41) is 6.06. The second-order valence-corrected chi connectivity index (χ2v) is 9.54. The second kappa shape index (κ2) is 9.43. The van der Waals surface area contributed by atoms with Crippen LogP contribution in [-0.2, 0) is 11.8 Å². The van der Waals surface area contributed by atoms with E-state index in [9.17, 15) is 18.0 Å². The van der Waals surface area contributed by atoms with E-state index in [1.807, 2.05) is 7.05 Å². The maximum atomic E-state index is 13.4. The molecule has 2 N–H and O–H groups in total. The van der Waals surface area contributed by atoms with Crippen LogP contribution in [0.4, 0.5) is 18.3 Å². The standard InChI is InChI=1S/C23H23F3N6O4S/c1-27-6-7-32-9-22(10-32)17-16(13-5-4-12(23(24,25)26)8-14(13)36-22)30-21(37-17)31-18(33)15-19(34-2)28-11-29-20(15)35-3/h4-5,8,11,27H,6-7,9-10H2,1-3H3,(H,30,31,33). The van der Waals surface area contributed by atoms with Gasteiger partial charge in [0, 0.05) is 31.7 Å². The van der Waals surface area contributed by atoms with Crippen molar-refractivity contribution in [3.63, 3.8) is 0 Å². The van der Waals surface area contributed by atoms with Crippen molar-refractivity contribution in [3.8, 4) is 28.8 Å². The number of aromatic nitrogens is 3. The molecule has 196 valence electrons. The van der Waals surface area contributed by atoms with Crippen LogP contribution in [0.5, 0.6) is 17.5 Å². The monoisotopic (exact) mass is 536 g/mol. The summed E-state index contributed by atoms with van der Waals surface area (Å²) in [6.07, 6.45) is -3.30. The van der Waals surface area contributed by atoms with Gasteiger partial charge in [-0.3, -0.25) is 15.0 Å². The molecule has 2 aliphatic rings. The predicted molar refractivity (Wildman–Crippen MR) is 128 cm³/mol. The molecule has 0 unspecified atom stereocenters. The molecule has 0 radical (unpaired) electrons. The Hall–Kier alpha value is -3.49. The number of carbonyl (C=O) groups excluding carboxylic acids is 1. The van der Waals surface area contributed by atoms with Gasteiger partial charge in [-0.25, -0.2) is 15.0 Å². The normalized spacial score (nSPS) is 15.8. The summed E-state index contributed by atoms with van der Waals surface area (Å²) >= 11 is 1.21. The topological polar surface area (TPSA) is 111 Å². The number of anilines is 1. The highest BCUT2D eigenvalue weighted by molar-refractivity contribution is 7.16. The third-order valence-corrected chi connectivity index (χ3v) is 7.31. The highest BCUT2D eigenvalue weighted by atomic mass is 32.1. The average Bonchev–Trinajstić information content (AvgIpc) is 3.28. The molecule has 1 fully saturated rings. The van der Waals surface area contributed by atoms with Crippen LogP contribution in [-0.4, -0.2) is 73.2 Å². The van der Waals surface area contributed by atoms with Gasteiger partial charge in [0.15, 0.2) is 16.3 Å². The van der Waals surface area contributed by atoms with E-state index in [0.29, 0.717) is 24.3 Å². The maximum absolute atomic E-state index is 13.4. The summed E-state index contributed by atoms with van der Waals surface area (Å²) in [6.45, 7) is 2.45. The van der Waals surface area contributed by atoms with Gasteiger partial charge < -0.3 is 19.5 Å². The molecule has 1 saturated heterocycles. The van der Waals surface area contributed by atoms with Gasteiger partial charge in [0.1, 0.15) is 12.1 Å². The van der Waals surface area contributed by atoms with Crippen LogP contribution in [0.15, 0.2) is 24.5 Å². The highest BCUT2D eigenvalue weighted by Gasteiger charge is 2.52. The Morgan fingerprint density at radius 3 is 2.54 bits per heavy atom. The van der Waals surface area contributed by atoms with Crippen molar-refractivity contribution < 1.29 is 32.2 Å². The van der Waals surface area contributed by atoms with E-state index in [1.165, 1.54) is 38.0 Å². The zero-order valence-electron chi connectivity index (χ0n) is 20.1. The average molecular weight is 537 g/mol. The van der Waals surface area contributed by atoms with Gasteiger partial charge in [-0.05, 0) is 25.2 Å². The zero-order valence-corrected chi connectivity index (χ0v) is 20.9. The Balaban J connectivity index is 1.52. The number of fused-ring (bicyclic) bond motifs is 4. The number of hydrogen-bond acceptors (Lipinski definition) is 10. The molecule has 2 aromatic heterocycles. The Kier molecular flexibility index (Phi) is 6.41. The second-order valence-electron chi connectivity index (χ2n) is 8.54. The Morgan fingerprint density at radius 1 is 1.22 bits per heavy atom. The van der Waals surface area contributed by atoms with E-state index in [2.05, 4.69) is 30.5 Å². The number of halogens is 3. The van der Waals surface area contributed by atoms with Gasteiger partial charge in [-0.2, -0.15) is 13.2 Å². The number of carbonyl (C=O) groups is 1. The molecule has 0 atom stereocenters. The number of methoxy groups -OCH3 is 2. The van der Waals surface area contributed by atoms with Crippen LogP contribution >= 0.6 is 11.3 Å². The van der Waals surface area contributed by atoms with Crippen molar-refractivity contribution in [1.82, 2.24) is 25.2 Å². The molecule has 1 aromatic carbocycles. The van der Waals surface area contributed by atoms with Gasteiger partial charge in [0.05, 0.1) is 30.4 Å². The number of alkyl halides is 3. The summed E-state index contributed by atoms with van der Waals surface area (Å²) < 4.78 is 56.9. The minimum atomic E-state index is -4.51. The molecular formula is C23H23F3N6O4S. The highest BCUT2D eigenvalue weighted by Crippen LogP contribution is 2.53. The third-order valence-electron chi connectivity index (χ3n) is 6.16. The van der Waals surface area contributed by atoms with Crippen molar-refractivity contribution in [3.05, 3.63) is 40.5 Å². The predicted octanol–water partition coefficient (Wildman–Crippen LogP) is 3.01. The lowest BCUT2D eigenvalue weighted by atomic mass is 9.86. The van der Waals surface area contributed by atoms with Crippen LogP contribution in [0.25, 0.3) is 11.3 Å². The third kappa shape index (κ3) is 4.45. The summed E-state index contributed by atoms with van der Waals surface area (Å²) in [7, 11) is 4.58. The Bertz CT molecular complexity index is 1320. The lowest BCUT2D eigenvalue weighted by Gasteiger charge is -2.51. The van der Waals surface area contributed by atoms with Gasteiger partial charge in [0.25, 0.3) is 5.91 Å². The molecule has 10 nitrogen and oxygen atoms in total. The van der Waals surface area contributed by atoms with Crippen molar-refractivity contribution in [2.24, 2.45) is 0 Å². The Morgan fingerprint density at radius 2 is 1.92 bits per heavy atom. The van der Waals surface area contributed by atoms with Gasteiger partial charge in [0.2, 0.25) is 11.8 Å². The van der Waals surface area contributed by atoms with Crippen molar-refractivity contribution in [2.75, 3.05) is 52.8 Å². The minimum Gasteiger partial charge on any atom is -0.480 e. The number of thiazole rings is 1. The van der Waals surface area contributed by atoms with Crippen molar-refractivity contribution in [1.29, 1.82) is 0 Å². The molecule has 0 bridgehead atoms. The number of hydrogen-bond donors (Lipinski definition) is 2. The maximum Gasteiger partial charge on any atom is 0.416 e. The summed E-state index contributed by atoms with van der Waals surface area (Å²) in [5.41, 5.74) is -0.775. The van der Waals surface area contributed by atoms with Gasteiger partial charge in [-0.1, -0.05) is 11.3 Å². The SMILES string of the molecule is CNCCN1CC2(C1)Oc1cc(C(F)(F)F)ccc1-c1nc(NC(=O)c3c(OC)ncnc3OC)sc12. The van der Waals surface area contributed by atoms with Crippen LogP contribution in [0.2, 0.25) is 0 Å². The first-order valence-corrected chi connectivity index (χ1v) is 12.0. The molecule has 1 amide bonds. The van der Waals surface area contributed by atoms with E-state index < -0.39 is 23.2 Å². The first-order valence-electron chi connectivity index (χ1n) is 11.2. The molecule has 0 aliphatic carbocycles. The summed E-state index contributed by atoms with van der Waals surface area (Å²) in [5.74, 6) is -0.449. The smallest absolute Gasteiger partial charge is 0.416 e. The fraction of sp³-hybridized carbons (Fsp3) is 0.391. The number of likely N-dealkylation sites (N-methyl/N-ethyl adjacent to an activating group) is 1. The van der Waals surface area contributed by atoms with E-state index in [0.717, 1.165) is 30.1 Å². The minimum absolute atomic E-state index is 0.0104. The van der Waals surface area contributed by atoms with Gasteiger partial charge in [-0.15, -0.1) is 0 Å². The zero-order chi connectivity index (χ0) is 26.4. The molecule has 14 heteroatoms. The molecule has 5 rings (SSSR count). The van der Waals surface area contributed by atoms with E-state index in [1.54, 1.807) is 0 Å². The molecule has 2 aliphatic heterocycles. The largest absolute Gasteiger partial charge is 0.480 e. The number of amides is 1. The van der Waals surface area contributed by atoms with Crippen molar-refractivity contribution in [2.45, 2.75) is 11.8 Å². The van der Waals surface area contributed by atoms with Crippen LogP contribution < -0.4 is 24.8 Å². The fourth-order valence-corrected chi connectivity index (χ4v) is 5.51. The van der Waals surface area contributed by atoms with Crippen LogP contribution in [0, 0.1) is 0 Å². The van der Waals surface area contributed by atoms with E-state index in [-0.39, 0.29) is 28.2 Å². The summed E-state index contributed by atoms with van der Waals surface area (Å²) in [6, 6.07) is 3.35. The lowest BCUT2D eigenvalue weighted by molar-refractivity contribution is -0.138. The molecule has 0 saturated carbocycles. The quantitative estimate of drug-likeness (QED) is 0.471. The van der Waals surface area contributed by atoms with E-state index >= 15 is 0 Å². The fourth-order valence-electron chi connectivity index (χ4n) is 4.43. The number of benzene rings is 1. The number of likely N-dealkylation sites (tertiary alicyclic amines) is 1. The molecule has 1 spiro atoms. The van der Waals surface area contributed by atoms with Crippen LogP contribution in [0.3, 0.4) is 0 Å².